The molecule has 0 bridgehead atoms. The van der Waals surface area contributed by atoms with E-state index < -0.39 is 0 Å². The van der Waals surface area contributed by atoms with Gasteiger partial charge in [0.25, 0.3) is 0 Å². The zero-order valence-corrected chi connectivity index (χ0v) is 24.7. The van der Waals surface area contributed by atoms with Gasteiger partial charge in [0.1, 0.15) is 0 Å². The first kappa shape index (κ1) is 30.3. The number of allylic oxidation sites excluding steroid dienone is 2. The minimum atomic E-state index is 0. The van der Waals surface area contributed by atoms with Crippen LogP contribution in [0.15, 0.2) is 109 Å². The van der Waals surface area contributed by atoms with E-state index in [2.05, 4.69) is 134 Å². The summed E-state index contributed by atoms with van der Waals surface area (Å²) in [7, 11) is 0.750. The average molecular weight is 580 g/mol. The number of hydrogen-bond acceptors (Lipinski definition) is 0. The number of fused-ring (bicyclic) bond motifs is 2. The van der Waals surface area contributed by atoms with Crippen LogP contribution in [0.25, 0.3) is 12.2 Å². The van der Waals surface area contributed by atoms with E-state index in [0.29, 0.717) is 11.8 Å². The fourth-order valence-corrected chi connectivity index (χ4v) is 4.27. The summed E-state index contributed by atoms with van der Waals surface area (Å²) in [5, 5.41) is 0. The van der Waals surface area contributed by atoms with Crippen LogP contribution >= 0.6 is 0 Å². The Hall–Kier alpha value is -1.70. The number of rotatable bonds is 2. The van der Waals surface area contributed by atoms with Crippen molar-refractivity contribution in [1.29, 1.82) is 0 Å². The first-order chi connectivity index (χ1) is 15.3. The van der Waals surface area contributed by atoms with Crippen LogP contribution in [0.1, 0.15) is 45.2 Å². The van der Waals surface area contributed by atoms with E-state index in [1.54, 1.807) is 0 Å². The molecule has 171 valence electrons. The van der Waals surface area contributed by atoms with Crippen molar-refractivity contribution in [3.05, 3.63) is 143 Å². The van der Waals surface area contributed by atoms with Crippen LogP contribution in [-0.4, -0.2) is 9.52 Å². The molecule has 0 nitrogen and oxygen atoms in total. The Morgan fingerprint density at radius 1 is 0.559 bits per heavy atom. The number of halogens is 2. The zero-order chi connectivity index (χ0) is 21.5. The fraction of sp³-hybridized carbons (Fsp3) is 0.133. The van der Waals surface area contributed by atoms with E-state index in [1.807, 2.05) is 0 Å². The molecule has 6 rings (SSSR count). The normalized spacial score (nSPS) is 15.7. The minimum Gasteiger partial charge on any atom is -1.00 e. The predicted octanol–water partition coefficient (Wildman–Crippen LogP) is 1.65. The van der Waals surface area contributed by atoms with Gasteiger partial charge in [0.2, 0.25) is 0 Å². The van der Waals surface area contributed by atoms with E-state index in [1.165, 1.54) is 33.4 Å². The number of benzene rings is 2. The molecule has 2 aliphatic carbocycles. The molecule has 1 radical (unpaired) electrons. The van der Waals surface area contributed by atoms with E-state index in [0.717, 1.165) is 9.52 Å². The molecule has 2 atom stereocenters. The second-order valence-electron chi connectivity index (χ2n) is 7.95. The Bertz CT molecular complexity index is 1050. The van der Waals surface area contributed by atoms with Gasteiger partial charge < -0.3 is 24.8 Å². The van der Waals surface area contributed by atoms with Crippen LogP contribution in [0.4, 0.5) is 0 Å². The molecule has 0 N–H and O–H groups in total. The molecule has 4 aromatic rings. The fourth-order valence-electron chi connectivity index (χ4n) is 4.27. The third kappa shape index (κ3) is 7.15. The quantitative estimate of drug-likeness (QED) is 0.251. The van der Waals surface area contributed by atoms with Gasteiger partial charge in [-0.15, -0.1) is 11.1 Å². The molecular formula is C30H29Cl2SiZr. The molecule has 4 aromatic carbocycles. The maximum atomic E-state index is 2.28. The molecule has 34 heavy (non-hydrogen) atoms. The molecule has 2 aliphatic rings. The first-order valence-electron chi connectivity index (χ1n) is 11.0. The van der Waals surface area contributed by atoms with E-state index >= 15 is 0 Å². The largest absolute Gasteiger partial charge is 4.00 e. The van der Waals surface area contributed by atoms with E-state index in [4.69, 9.17) is 0 Å². The summed E-state index contributed by atoms with van der Waals surface area (Å²) >= 11 is 0. The van der Waals surface area contributed by atoms with Crippen LogP contribution in [0, 0.1) is 0 Å². The Morgan fingerprint density at radius 2 is 0.882 bits per heavy atom. The van der Waals surface area contributed by atoms with Crippen LogP contribution in [0.3, 0.4) is 0 Å². The molecule has 0 saturated carbocycles. The van der Waals surface area contributed by atoms with Crippen LogP contribution in [0.5, 0.6) is 0 Å². The summed E-state index contributed by atoms with van der Waals surface area (Å²) in [6, 6.07) is 34.4. The second kappa shape index (κ2) is 15.3. The Balaban J connectivity index is 0.000000283. The summed E-state index contributed by atoms with van der Waals surface area (Å²) in [6.07, 6.45) is 8.99. The predicted molar refractivity (Wildman–Crippen MR) is 138 cm³/mol. The molecule has 2 unspecified atom stereocenters. The van der Waals surface area contributed by atoms with Gasteiger partial charge in [-0.3, -0.25) is 0 Å². The number of hydrogen-bond donors (Lipinski definition) is 0. The van der Waals surface area contributed by atoms with E-state index in [9.17, 15) is 0 Å². The molecule has 0 spiro atoms. The van der Waals surface area contributed by atoms with Crippen molar-refractivity contribution in [2.24, 2.45) is 0 Å². The van der Waals surface area contributed by atoms with Gasteiger partial charge in [0, 0.05) is 9.52 Å². The van der Waals surface area contributed by atoms with Crippen molar-refractivity contribution in [3.8, 4) is 0 Å². The van der Waals surface area contributed by atoms with Gasteiger partial charge in [-0.25, -0.2) is 24.3 Å². The van der Waals surface area contributed by atoms with Crippen molar-refractivity contribution in [2.75, 3.05) is 0 Å². The summed E-state index contributed by atoms with van der Waals surface area (Å²) in [6.45, 7) is 4.42. The molecule has 4 heteroatoms. The standard InChI is InChI=1S/2C14H11.C2H7Si.2ClH.Zr/c2*1-2-6-11(5-1)14-10-9-12-7-3-4-8-13(12)14;1-3-2;;;/h2*1-10,14H;3H,1-2H3;2*1H;/q2*-1;;;;+4/p-2. The van der Waals surface area contributed by atoms with Crippen LogP contribution < -0.4 is 24.8 Å². The molecule has 0 fully saturated rings. The van der Waals surface area contributed by atoms with Gasteiger partial charge in [-0.05, 0) is 34.1 Å². The van der Waals surface area contributed by atoms with Gasteiger partial charge in [0.15, 0.2) is 0 Å². The Labute approximate surface area is 238 Å². The van der Waals surface area contributed by atoms with Gasteiger partial charge >= 0.3 is 26.2 Å². The summed E-state index contributed by atoms with van der Waals surface area (Å²) in [5.41, 5.74) is 8.37. The maximum Gasteiger partial charge on any atom is 4.00 e. The Kier molecular flexibility index (Phi) is 13.7. The molecule has 0 amide bonds. The topological polar surface area (TPSA) is 0 Å². The Morgan fingerprint density at radius 3 is 1.24 bits per heavy atom. The minimum absolute atomic E-state index is 0. The van der Waals surface area contributed by atoms with Gasteiger partial charge in [-0.2, -0.15) is 24.3 Å². The molecule has 0 saturated heterocycles. The van der Waals surface area contributed by atoms with Crippen molar-refractivity contribution >= 4 is 21.7 Å². The summed E-state index contributed by atoms with van der Waals surface area (Å²) in [5.74, 6) is 0.947. The summed E-state index contributed by atoms with van der Waals surface area (Å²) < 4.78 is 0. The average Bonchev–Trinajstić information content (AvgIpc) is 3.61. The third-order valence-electron chi connectivity index (χ3n) is 5.69. The second-order valence-corrected chi connectivity index (χ2v) is 9.10. The summed E-state index contributed by atoms with van der Waals surface area (Å²) in [4.78, 5) is 0. The van der Waals surface area contributed by atoms with Crippen molar-refractivity contribution in [3.63, 3.8) is 0 Å². The zero-order valence-electron chi connectivity index (χ0n) is 19.5. The molecule has 0 aromatic heterocycles. The smallest absolute Gasteiger partial charge is 1.00 e. The SMILES string of the molecule is C1=CC([c-]2cccc2)c2ccccc21.C1=CC([c-]2cccc2)c2ccccc21.C[SiH]C.[Cl-].[Cl-].[Zr+4]. The monoisotopic (exact) mass is 577 g/mol. The third-order valence-corrected chi connectivity index (χ3v) is 5.69. The van der Waals surface area contributed by atoms with Crippen LogP contribution in [0.2, 0.25) is 13.1 Å². The van der Waals surface area contributed by atoms with E-state index in [-0.39, 0.29) is 51.0 Å². The van der Waals surface area contributed by atoms with Gasteiger partial charge in [0.05, 0.1) is 0 Å². The van der Waals surface area contributed by atoms with Gasteiger partial charge in [-0.1, -0.05) is 85.9 Å². The van der Waals surface area contributed by atoms with Crippen molar-refractivity contribution in [2.45, 2.75) is 24.9 Å². The molecular weight excluding hydrogens is 551 g/mol. The first-order valence-corrected chi connectivity index (χ1v) is 13.3. The molecule has 0 aliphatic heterocycles. The van der Waals surface area contributed by atoms with Crippen molar-refractivity contribution in [1.82, 2.24) is 0 Å². The maximum absolute atomic E-state index is 2.28. The molecule has 0 heterocycles. The van der Waals surface area contributed by atoms with Crippen molar-refractivity contribution < 1.29 is 51.0 Å². The van der Waals surface area contributed by atoms with Crippen LogP contribution in [-0.2, 0) is 26.2 Å².